The Morgan fingerprint density at radius 2 is 2.04 bits per heavy atom. The minimum Gasteiger partial charge on any atom is -0.342 e. The third kappa shape index (κ3) is 3.28. The Hall–Kier alpha value is -1.43. The molecule has 2 amide bonds. The zero-order chi connectivity index (χ0) is 18.1. The Kier molecular flexibility index (Phi) is 5.04. The van der Waals surface area contributed by atoms with Gasteiger partial charge in [-0.3, -0.25) is 9.59 Å². The maximum Gasteiger partial charge on any atom is 0.265 e. The number of carbonyl (C=O) groups excluding carboxylic acids is 2. The average molecular weight is 376 g/mol. The lowest BCUT2D eigenvalue weighted by atomic mass is 9.77. The SMILES string of the molecule is Cc1ncsc1C(=O)N1CC[C@@]2(CCCN(CC3CCCCC3)C2=O)C1. The molecule has 26 heavy (non-hydrogen) atoms. The maximum atomic E-state index is 13.3. The molecule has 1 spiro atoms. The van der Waals surface area contributed by atoms with E-state index in [-0.39, 0.29) is 11.3 Å². The fourth-order valence-electron chi connectivity index (χ4n) is 5.08. The molecular formula is C20H29N3O2S. The second kappa shape index (κ2) is 7.29. The molecule has 2 aliphatic heterocycles. The van der Waals surface area contributed by atoms with Crippen LogP contribution in [0.3, 0.4) is 0 Å². The minimum absolute atomic E-state index is 0.0547. The molecule has 5 nitrogen and oxygen atoms in total. The smallest absolute Gasteiger partial charge is 0.265 e. The second-order valence-corrected chi connectivity index (χ2v) is 9.24. The second-order valence-electron chi connectivity index (χ2n) is 8.38. The van der Waals surface area contributed by atoms with Crippen molar-refractivity contribution in [3.05, 3.63) is 16.1 Å². The van der Waals surface area contributed by atoms with Gasteiger partial charge in [0.25, 0.3) is 5.91 Å². The van der Waals surface area contributed by atoms with Crippen molar-refractivity contribution in [1.29, 1.82) is 0 Å². The molecule has 1 aliphatic carbocycles. The lowest BCUT2D eigenvalue weighted by Crippen LogP contribution is -2.51. The van der Waals surface area contributed by atoms with E-state index in [1.807, 2.05) is 11.8 Å². The summed E-state index contributed by atoms with van der Waals surface area (Å²) in [6.07, 6.45) is 9.33. The van der Waals surface area contributed by atoms with Gasteiger partial charge in [0.15, 0.2) is 0 Å². The molecule has 1 atom stereocenters. The highest BCUT2D eigenvalue weighted by Gasteiger charge is 2.49. The molecule has 0 N–H and O–H groups in total. The van der Waals surface area contributed by atoms with Gasteiger partial charge in [-0.1, -0.05) is 19.3 Å². The quantitative estimate of drug-likeness (QED) is 0.813. The number of piperidine rings is 1. The molecule has 3 fully saturated rings. The van der Waals surface area contributed by atoms with Gasteiger partial charge in [0.2, 0.25) is 5.91 Å². The molecule has 0 aromatic carbocycles. The van der Waals surface area contributed by atoms with Gasteiger partial charge in [-0.05, 0) is 44.9 Å². The fraction of sp³-hybridized carbons (Fsp3) is 0.750. The number of hydrogen-bond acceptors (Lipinski definition) is 4. The van der Waals surface area contributed by atoms with Crippen molar-refractivity contribution in [2.24, 2.45) is 11.3 Å². The van der Waals surface area contributed by atoms with Crippen LogP contribution in [0.4, 0.5) is 0 Å². The zero-order valence-electron chi connectivity index (χ0n) is 15.7. The van der Waals surface area contributed by atoms with E-state index in [0.29, 0.717) is 24.9 Å². The minimum atomic E-state index is -0.332. The Morgan fingerprint density at radius 3 is 2.77 bits per heavy atom. The first-order valence-corrected chi connectivity index (χ1v) is 11.0. The van der Waals surface area contributed by atoms with Crippen molar-refractivity contribution in [2.45, 2.75) is 58.3 Å². The van der Waals surface area contributed by atoms with Gasteiger partial charge in [0, 0.05) is 26.2 Å². The van der Waals surface area contributed by atoms with E-state index in [1.165, 1.54) is 43.4 Å². The highest BCUT2D eigenvalue weighted by atomic mass is 32.1. The third-order valence-corrected chi connectivity index (χ3v) is 7.52. The topological polar surface area (TPSA) is 53.5 Å². The fourth-order valence-corrected chi connectivity index (χ4v) is 5.85. The molecule has 0 radical (unpaired) electrons. The molecule has 4 rings (SSSR count). The summed E-state index contributed by atoms with van der Waals surface area (Å²) in [6.45, 7) is 5.00. The predicted octanol–water partition coefficient (Wildman–Crippen LogP) is 3.49. The summed E-state index contributed by atoms with van der Waals surface area (Å²) >= 11 is 1.41. The number of likely N-dealkylation sites (tertiary alicyclic amines) is 2. The molecular weight excluding hydrogens is 346 g/mol. The Bertz CT molecular complexity index is 682. The van der Waals surface area contributed by atoms with Crippen molar-refractivity contribution >= 4 is 23.2 Å². The number of carbonyl (C=O) groups is 2. The van der Waals surface area contributed by atoms with Crippen LogP contribution in [0.5, 0.6) is 0 Å². The summed E-state index contributed by atoms with van der Waals surface area (Å²) in [5.74, 6) is 1.05. The standard InChI is InChI=1S/C20H29N3O2S/c1-15-17(26-14-21-15)18(24)23-11-9-20(13-23)8-5-10-22(19(20)25)12-16-6-3-2-4-7-16/h14,16H,2-13H2,1H3/t20-/m0/s1. The van der Waals surface area contributed by atoms with E-state index < -0.39 is 0 Å². The number of amides is 2. The number of hydrogen-bond donors (Lipinski definition) is 0. The van der Waals surface area contributed by atoms with Gasteiger partial charge >= 0.3 is 0 Å². The van der Waals surface area contributed by atoms with Crippen LogP contribution in [0, 0.1) is 18.3 Å². The van der Waals surface area contributed by atoms with E-state index in [4.69, 9.17) is 0 Å². The van der Waals surface area contributed by atoms with Crippen molar-refractivity contribution < 1.29 is 9.59 Å². The highest BCUT2D eigenvalue weighted by Crippen LogP contribution is 2.41. The van der Waals surface area contributed by atoms with Crippen LogP contribution in [0.1, 0.15) is 66.7 Å². The number of rotatable bonds is 3. The van der Waals surface area contributed by atoms with E-state index in [0.717, 1.165) is 42.9 Å². The lowest BCUT2D eigenvalue weighted by Gasteiger charge is -2.41. The Morgan fingerprint density at radius 1 is 1.23 bits per heavy atom. The van der Waals surface area contributed by atoms with Gasteiger partial charge in [-0.25, -0.2) is 4.98 Å². The van der Waals surface area contributed by atoms with Crippen LogP contribution < -0.4 is 0 Å². The lowest BCUT2D eigenvalue weighted by molar-refractivity contribution is -0.146. The van der Waals surface area contributed by atoms with Gasteiger partial charge in [0.05, 0.1) is 16.6 Å². The van der Waals surface area contributed by atoms with Crippen LogP contribution in [-0.2, 0) is 4.79 Å². The predicted molar refractivity (Wildman–Crippen MR) is 102 cm³/mol. The third-order valence-electron chi connectivity index (χ3n) is 6.61. The van der Waals surface area contributed by atoms with Gasteiger partial charge in [-0.2, -0.15) is 0 Å². The molecule has 142 valence electrons. The van der Waals surface area contributed by atoms with Crippen LogP contribution in [-0.4, -0.2) is 52.8 Å². The van der Waals surface area contributed by atoms with Crippen molar-refractivity contribution in [2.75, 3.05) is 26.2 Å². The number of aryl methyl sites for hydroxylation is 1. The van der Waals surface area contributed by atoms with Crippen LogP contribution >= 0.6 is 11.3 Å². The Labute approximate surface area is 159 Å². The molecule has 1 aromatic rings. The average Bonchev–Trinajstić information content (AvgIpc) is 3.27. The Balaban J connectivity index is 1.43. The number of thiazole rings is 1. The summed E-state index contributed by atoms with van der Waals surface area (Å²) in [6, 6.07) is 0. The maximum absolute atomic E-state index is 13.3. The molecule has 6 heteroatoms. The normalized spacial score (nSPS) is 27.5. The van der Waals surface area contributed by atoms with E-state index in [2.05, 4.69) is 9.88 Å². The highest BCUT2D eigenvalue weighted by molar-refractivity contribution is 7.11. The molecule has 1 aromatic heterocycles. The monoisotopic (exact) mass is 375 g/mol. The zero-order valence-corrected chi connectivity index (χ0v) is 16.5. The molecule has 2 saturated heterocycles. The van der Waals surface area contributed by atoms with Crippen LogP contribution in [0.25, 0.3) is 0 Å². The van der Waals surface area contributed by atoms with Gasteiger partial charge in [-0.15, -0.1) is 11.3 Å². The summed E-state index contributed by atoms with van der Waals surface area (Å²) in [7, 11) is 0. The largest absolute Gasteiger partial charge is 0.342 e. The van der Waals surface area contributed by atoms with Crippen molar-refractivity contribution in [3.63, 3.8) is 0 Å². The molecule has 0 unspecified atom stereocenters. The van der Waals surface area contributed by atoms with Crippen molar-refractivity contribution in [1.82, 2.24) is 14.8 Å². The molecule has 3 heterocycles. The first kappa shape index (κ1) is 18.0. The first-order valence-electron chi connectivity index (χ1n) is 10.1. The summed E-state index contributed by atoms with van der Waals surface area (Å²) in [5, 5.41) is 0. The summed E-state index contributed by atoms with van der Waals surface area (Å²) in [5.41, 5.74) is 2.20. The molecule has 1 saturated carbocycles. The summed E-state index contributed by atoms with van der Waals surface area (Å²) in [4.78, 5) is 35.1. The van der Waals surface area contributed by atoms with Crippen LogP contribution in [0.15, 0.2) is 5.51 Å². The molecule has 0 bridgehead atoms. The first-order chi connectivity index (χ1) is 12.6. The van der Waals surface area contributed by atoms with Crippen LogP contribution in [0.2, 0.25) is 0 Å². The molecule has 3 aliphatic rings. The van der Waals surface area contributed by atoms with E-state index in [9.17, 15) is 9.59 Å². The van der Waals surface area contributed by atoms with E-state index in [1.54, 1.807) is 5.51 Å². The van der Waals surface area contributed by atoms with Crippen molar-refractivity contribution in [3.8, 4) is 0 Å². The number of nitrogens with zero attached hydrogens (tertiary/aromatic N) is 3. The van der Waals surface area contributed by atoms with E-state index >= 15 is 0 Å². The number of aromatic nitrogens is 1. The summed E-state index contributed by atoms with van der Waals surface area (Å²) < 4.78 is 0. The van der Waals surface area contributed by atoms with Gasteiger partial charge in [0.1, 0.15) is 4.88 Å². The van der Waals surface area contributed by atoms with Gasteiger partial charge < -0.3 is 9.80 Å².